The van der Waals surface area contributed by atoms with Gasteiger partial charge in [-0.2, -0.15) is 9.97 Å². The second-order valence-electron chi connectivity index (χ2n) is 3.38. The molecule has 7 nitrogen and oxygen atoms in total. The Morgan fingerprint density at radius 3 is 3.12 bits per heavy atom. The first kappa shape index (κ1) is 11.7. The van der Waals surface area contributed by atoms with Crippen LogP contribution in [0.25, 0.3) is 11.2 Å². The van der Waals surface area contributed by atoms with Gasteiger partial charge in [0.1, 0.15) is 5.52 Å². The molecule has 0 radical (unpaired) electrons. The topological polar surface area (TPSA) is 110 Å². The fourth-order valence-corrected chi connectivity index (χ4v) is 1.52. The Balaban J connectivity index is 2.16. The molecule has 0 aliphatic rings. The number of aromatic amines is 1. The molecule has 0 aliphatic carbocycles. The van der Waals surface area contributed by atoms with Gasteiger partial charge in [0.25, 0.3) is 0 Å². The fraction of sp³-hybridized carbons (Fsp3) is 0.333. The standard InChI is InChI=1S/C9H11ClN6O/c10-7-6-8(13-4-12-6)16-9(15-7)14-5(17)2-1-3-11/h4H,1-3,11H2,(H2,12,13,14,15,16,17). The van der Waals surface area contributed by atoms with Crippen molar-refractivity contribution >= 4 is 34.6 Å². The molecule has 8 heteroatoms. The number of amides is 1. The van der Waals surface area contributed by atoms with Gasteiger partial charge in [-0.25, -0.2) is 4.98 Å². The lowest BCUT2D eigenvalue weighted by atomic mass is 10.3. The van der Waals surface area contributed by atoms with Crippen molar-refractivity contribution in [2.24, 2.45) is 5.73 Å². The number of hydrogen-bond acceptors (Lipinski definition) is 5. The van der Waals surface area contributed by atoms with Crippen LogP contribution in [0.1, 0.15) is 12.8 Å². The number of fused-ring (bicyclic) bond motifs is 1. The molecule has 2 heterocycles. The van der Waals surface area contributed by atoms with Gasteiger partial charge >= 0.3 is 0 Å². The second kappa shape index (κ2) is 5.07. The number of imidazole rings is 1. The normalized spacial score (nSPS) is 10.7. The van der Waals surface area contributed by atoms with Crippen LogP contribution in [-0.4, -0.2) is 32.4 Å². The average Bonchev–Trinajstić information content (AvgIpc) is 2.75. The average molecular weight is 255 g/mol. The molecule has 0 atom stereocenters. The Morgan fingerprint density at radius 1 is 1.53 bits per heavy atom. The van der Waals surface area contributed by atoms with Crippen LogP contribution in [0, 0.1) is 0 Å². The van der Waals surface area contributed by atoms with E-state index >= 15 is 0 Å². The van der Waals surface area contributed by atoms with Crippen molar-refractivity contribution in [2.45, 2.75) is 12.8 Å². The molecule has 2 aromatic rings. The summed E-state index contributed by atoms with van der Waals surface area (Å²) >= 11 is 5.90. The zero-order valence-corrected chi connectivity index (χ0v) is 9.66. The van der Waals surface area contributed by atoms with Gasteiger partial charge < -0.3 is 10.7 Å². The monoisotopic (exact) mass is 254 g/mol. The van der Waals surface area contributed by atoms with Gasteiger partial charge in [-0.3, -0.25) is 10.1 Å². The zero-order chi connectivity index (χ0) is 12.3. The number of carbonyl (C=O) groups excluding carboxylic acids is 1. The number of rotatable bonds is 4. The molecule has 0 saturated carbocycles. The van der Waals surface area contributed by atoms with Crippen LogP contribution in [-0.2, 0) is 4.79 Å². The van der Waals surface area contributed by atoms with E-state index in [0.717, 1.165) is 0 Å². The number of nitrogens with two attached hydrogens (primary N) is 1. The summed E-state index contributed by atoms with van der Waals surface area (Å²) in [7, 11) is 0. The smallest absolute Gasteiger partial charge is 0.233 e. The molecular weight excluding hydrogens is 244 g/mol. The van der Waals surface area contributed by atoms with E-state index in [9.17, 15) is 4.79 Å². The summed E-state index contributed by atoms with van der Waals surface area (Å²) < 4.78 is 0. The van der Waals surface area contributed by atoms with Gasteiger partial charge in [-0.1, -0.05) is 11.6 Å². The second-order valence-corrected chi connectivity index (χ2v) is 3.74. The highest BCUT2D eigenvalue weighted by atomic mass is 35.5. The largest absolute Gasteiger partial charge is 0.341 e. The highest BCUT2D eigenvalue weighted by Crippen LogP contribution is 2.18. The van der Waals surface area contributed by atoms with Crippen molar-refractivity contribution in [3.63, 3.8) is 0 Å². The number of carbonyl (C=O) groups is 1. The summed E-state index contributed by atoms with van der Waals surface area (Å²) in [5.74, 6) is -0.0435. The minimum absolute atomic E-state index is 0.150. The minimum Gasteiger partial charge on any atom is -0.341 e. The molecule has 2 aromatic heterocycles. The van der Waals surface area contributed by atoms with Crippen molar-refractivity contribution in [3.05, 3.63) is 11.5 Å². The zero-order valence-electron chi connectivity index (χ0n) is 8.90. The summed E-state index contributed by atoms with van der Waals surface area (Å²) in [6.45, 7) is 0.466. The first-order valence-corrected chi connectivity index (χ1v) is 5.45. The van der Waals surface area contributed by atoms with Crippen molar-refractivity contribution in [3.8, 4) is 0 Å². The molecule has 0 aromatic carbocycles. The van der Waals surface area contributed by atoms with Gasteiger partial charge in [0.2, 0.25) is 11.9 Å². The Labute approximate surface area is 102 Å². The van der Waals surface area contributed by atoms with Crippen LogP contribution in [0.4, 0.5) is 5.95 Å². The number of nitrogens with one attached hydrogen (secondary N) is 2. The maximum Gasteiger partial charge on any atom is 0.233 e. The van der Waals surface area contributed by atoms with E-state index in [1.165, 1.54) is 6.33 Å². The third-order valence-electron chi connectivity index (χ3n) is 2.10. The van der Waals surface area contributed by atoms with Gasteiger partial charge in [0, 0.05) is 6.42 Å². The first-order valence-electron chi connectivity index (χ1n) is 5.07. The Kier molecular flexibility index (Phi) is 3.50. The summed E-state index contributed by atoms with van der Waals surface area (Å²) in [5.41, 5.74) is 6.27. The highest BCUT2D eigenvalue weighted by Gasteiger charge is 2.10. The van der Waals surface area contributed by atoms with E-state index in [-0.39, 0.29) is 17.0 Å². The maximum absolute atomic E-state index is 11.4. The number of H-pyrrole nitrogens is 1. The van der Waals surface area contributed by atoms with Crippen molar-refractivity contribution in [2.75, 3.05) is 11.9 Å². The summed E-state index contributed by atoms with van der Waals surface area (Å²) in [6, 6.07) is 0. The number of anilines is 1. The summed E-state index contributed by atoms with van der Waals surface area (Å²) in [6.07, 6.45) is 2.41. The van der Waals surface area contributed by atoms with Crippen LogP contribution in [0.2, 0.25) is 5.15 Å². The van der Waals surface area contributed by atoms with E-state index in [2.05, 4.69) is 25.3 Å². The number of hydrogen-bond donors (Lipinski definition) is 3. The Hall–Kier alpha value is -1.73. The van der Waals surface area contributed by atoms with Gasteiger partial charge in [-0.05, 0) is 13.0 Å². The van der Waals surface area contributed by atoms with Crippen molar-refractivity contribution in [1.29, 1.82) is 0 Å². The molecule has 0 saturated heterocycles. The summed E-state index contributed by atoms with van der Waals surface area (Å²) in [4.78, 5) is 26.2. The van der Waals surface area contributed by atoms with Gasteiger partial charge in [0.05, 0.1) is 6.33 Å². The first-order chi connectivity index (χ1) is 8.20. The van der Waals surface area contributed by atoms with E-state index < -0.39 is 0 Å². The van der Waals surface area contributed by atoms with E-state index in [0.29, 0.717) is 30.6 Å². The molecule has 0 spiro atoms. The molecular formula is C9H11ClN6O. The predicted molar refractivity (Wildman–Crippen MR) is 63.6 cm³/mol. The van der Waals surface area contributed by atoms with Gasteiger partial charge in [-0.15, -0.1) is 0 Å². The lowest BCUT2D eigenvalue weighted by molar-refractivity contribution is -0.116. The third kappa shape index (κ3) is 2.69. The lowest BCUT2D eigenvalue weighted by Crippen LogP contribution is -2.15. The Morgan fingerprint density at radius 2 is 2.35 bits per heavy atom. The van der Waals surface area contributed by atoms with Crippen molar-refractivity contribution < 1.29 is 4.79 Å². The minimum atomic E-state index is -0.193. The molecule has 17 heavy (non-hydrogen) atoms. The molecule has 0 unspecified atom stereocenters. The molecule has 4 N–H and O–H groups in total. The van der Waals surface area contributed by atoms with Gasteiger partial charge in [0.15, 0.2) is 10.8 Å². The van der Waals surface area contributed by atoms with E-state index in [1.807, 2.05) is 0 Å². The molecule has 1 amide bonds. The molecule has 0 bridgehead atoms. The molecule has 0 aliphatic heterocycles. The van der Waals surface area contributed by atoms with E-state index in [4.69, 9.17) is 17.3 Å². The summed E-state index contributed by atoms with van der Waals surface area (Å²) in [5, 5.41) is 2.77. The van der Waals surface area contributed by atoms with E-state index in [1.54, 1.807) is 0 Å². The molecule has 2 rings (SSSR count). The maximum atomic E-state index is 11.4. The number of aromatic nitrogens is 4. The quantitative estimate of drug-likeness (QED) is 0.695. The fourth-order valence-electron chi connectivity index (χ4n) is 1.30. The van der Waals surface area contributed by atoms with Crippen LogP contribution >= 0.6 is 11.6 Å². The van der Waals surface area contributed by atoms with Crippen LogP contribution in [0.3, 0.4) is 0 Å². The SMILES string of the molecule is NCCCC(=O)Nc1nc(Cl)c2[nH]cnc2n1. The molecule has 0 fully saturated rings. The predicted octanol–water partition coefficient (Wildman–Crippen LogP) is 0.684. The van der Waals surface area contributed by atoms with Crippen LogP contribution in [0.5, 0.6) is 0 Å². The van der Waals surface area contributed by atoms with Crippen LogP contribution < -0.4 is 11.1 Å². The number of halogens is 1. The van der Waals surface area contributed by atoms with Crippen LogP contribution in [0.15, 0.2) is 6.33 Å². The Bertz CT molecular complexity index is 539. The third-order valence-corrected chi connectivity index (χ3v) is 2.37. The number of nitrogens with zero attached hydrogens (tertiary/aromatic N) is 3. The van der Waals surface area contributed by atoms with Crippen molar-refractivity contribution in [1.82, 2.24) is 19.9 Å². The molecule has 90 valence electrons. The highest BCUT2D eigenvalue weighted by molar-refractivity contribution is 6.33. The lowest BCUT2D eigenvalue weighted by Gasteiger charge is -2.03.